The molecule has 4 rings (SSSR count). The zero-order valence-electron chi connectivity index (χ0n) is 13.3. The maximum Gasteiger partial charge on any atom is 0.268 e. The van der Waals surface area contributed by atoms with Crippen molar-refractivity contribution < 1.29 is 0 Å². The van der Waals surface area contributed by atoms with Crippen molar-refractivity contribution in [1.82, 2.24) is 14.9 Å². The number of hydrogen-bond acceptors (Lipinski definition) is 4. The summed E-state index contributed by atoms with van der Waals surface area (Å²) >= 11 is 1.44. The third-order valence-electron chi connectivity index (χ3n) is 4.44. The first-order valence-electron chi connectivity index (χ1n) is 8.23. The van der Waals surface area contributed by atoms with Gasteiger partial charge in [-0.15, -0.1) is 11.3 Å². The highest BCUT2D eigenvalue weighted by atomic mass is 32.1. The molecule has 1 aromatic carbocycles. The fourth-order valence-corrected chi connectivity index (χ4v) is 3.97. The second-order valence-electron chi connectivity index (χ2n) is 6.10. The van der Waals surface area contributed by atoms with Gasteiger partial charge < -0.3 is 4.98 Å². The van der Waals surface area contributed by atoms with E-state index in [9.17, 15) is 4.79 Å². The predicted molar refractivity (Wildman–Crippen MR) is 99.1 cm³/mol. The third-order valence-corrected chi connectivity index (χ3v) is 5.34. The lowest BCUT2D eigenvalue weighted by Crippen LogP contribution is -2.29. The molecule has 24 heavy (non-hydrogen) atoms. The molecule has 0 saturated carbocycles. The molecule has 4 nitrogen and oxygen atoms in total. The van der Waals surface area contributed by atoms with E-state index in [4.69, 9.17) is 0 Å². The Morgan fingerprint density at radius 1 is 1.29 bits per heavy atom. The lowest BCUT2D eigenvalue weighted by atomic mass is 10.1. The SMILES string of the molecule is O=c1[nH]c(CN2CCCC2C=Cc2ccccc2)nc2ccsc12. The Hall–Kier alpha value is -2.24. The van der Waals surface area contributed by atoms with E-state index in [1.807, 2.05) is 17.5 Å². The van der Waals surface area contributed by atoms with E-state index in [1.165, 1.54) is 23.3 Å². The molecule has 0 aliphatic carbocycles. The van der Waals surface area contributed by atoms with Crippen LogP contribution in [0.5, 0.6) is 0 Å². The Labute approximate surface area is 144 Å². The first-order chi connectivity index (χ1) is 11.8. The van der Waals surface area contributed by atoms with Gasteiger partial charge in [-0.2, -0.15) is 0 Å². The summed E-state index contributed by atoms with van der Waals surface area (Å²) < 4.78 is 0.709. The van der Waals surface area contributed by atoms with Gasteiger partial charge in [-0.25, -0.2) is 4.98 Å². The monoisotopic (exact) mass is 337 g/mol. The molecular weight excluding hydrogens is 318 g/mol. The van der Waals surface area contributed by atoms with Crippen molar-refractivity contribution in [2.24, 2.45) is 0 Å². The Morgan fingerprint density at radius 3 is 3.04 bits per heavy atom. The zero-order chi connectivity index (χ0) is 16.4. The number of aromatic amines is 1. The van der Waals surface area contributed by atoms with E-state index in [2.05, 4.69) is 51.3 Å². The summed E-state index contributed by atoms with van der Waals surface area (Å²) in [7, 11) is 0. The second-order valence-corrected chi connectivity index (χ2v) is 7.01. The van der Waals surface area contributed by atoms with Crippen molar-refractivity contribution in [1.29, 1.82) is 0 Å². The molecule has 0 amide bonds. The van der Waals surface area contributed by atoms with E-state index in [0.29, 0.717) is 17.3 Å². The van der Waals surface area contributed by atoms with Crippen LogP contribution in [0.1, 0.15) is 24.2 Å². The number of nitrogens with one attached hydrogen (secondary N) is 1. The van der Waals surface area contributed by atoms with Crippen LogP contribution in [0.3, 0.4) is 0 Å². The van der Waals surface area contributed by atoms with Crippen molar-refractivity contribution in [3.8, 4) is 0 Å². The minimum atomic E-state index is -0.0272. The molecule has 1 N–H and O–H groups in total. The maximum atomic E-state index is 12.1. The molecule has 5 heteroatoms. The molecule has 3 heterocycles. The number of thiophene rings is 1. The van der Waals surface area contributed by atoms with Crippen molar-refractivity contribution in [2.75, 3.05) is 6.54 Å². The highest BCUT2D eigenvalue weighted by Crippen LogP contribution is 2.22. The van der Waals surface area contributed by atoms with Gasteiger partial charge in [0.2, 0.25) is 0 Å². The number of H-pyrrole nitrogens is 1. The van der Waals surface area contributed by atoms with Crippen LogP contribution in [0.4, 0.5) is 0 Å². The maximum absolute atomic E-state index is 12.1. The Bertz CT molecular complexity index is 913. The van der Waals surface area contributed by atoms with Gasteiger partial charge in [0, 0.05) is 6.04 Å². The van der Waals surface area contributed by atoms with Gasteiger partial charge in [-0.3, -0.25) is 9.69 Å². The second kappa shape index (κ2) is 6.71. The Morgan fingerprint density at radius 2 is 2.17 bits per heavy atom. The topological polar surface area (TPSA) is 49.0 Å². The normalized spacial score (nSPS) is 18.8. The summed E-state index contributed by atoms with van der Waals surface area (Å²) in [6.45, 7) is 1.72. The zero-order valence-corrected chi connectivity index (χ0v) is 14.1. The Balaban J connectivity index is 1.52. The van der Waals surface area contributed by atoms with Gasteiger partial charge in [0.25, 0.3) is 5.56 Å². The van der Waals surface area contributed by atoms with Gasteiger partial charge in [-0.05, 0) is 36.4 Å². The molecule has 1 unspecified atom stereocenters. The van der Waals surface area contributed by atoms with Crippen LogP contribution in [0.25, 0.3) is 16.3 Å². The van der Waals surface area contributed by atoms with Crippen LogP contribution >= 0.6 is 11.3 Å². The van der Waals surface area contributed by atoms with Crippen molar-refractivity contribution in [3.63, 3.8) is 0 Å². The minimum absolute atomic E-state index is 0.0272. The predicted octanol–water partition coefficient (Wildman–Crippen LogP) is 3.66. The largest absolute Gasteiger partial charge is 0.308 e. The molecule has 0 bridgehead atoms. The molecule has 1 aliphatic rings. The van der Waals surface area contributed by atoms with Crippen molar-refractivity contribution in [3.05, 3.63) is 69.6 Å². The van der Waals surface area contributed by atoms with Crippen molar-refractivity contribution >= 4 is 27.6 Å². The summed E-state index contributed by atoms with van der Waals surface area (Å²) in [6, 6.07) is 12.7. The van der Waals surface area contributed by atoms with Crippen molar-refractivity contribution in [2.45, 2.75) is 25.4 Å². The quantitative estimate of drug-likeness (QED) is 0.790. The van der Waals surface area contributed by atoms with E-state index in [-0.39, 0.29) is 5.56 Å². The standard InChI is InChI=1S/C19H19N3OS/c23-19-18-16(10-12-24-18)20-17(21-19)13-22-11-4-7-15(22)9-8-14-5-2-1-3-6-14/h1-3,5-6,8-10,12,15H,4,7,11,13H2,(H,20,21,23). The van der Waals surface area contributed by atoms with Gasteiger partial charge in [-0.1, -0.05) is 42.5 Å². The van der Waals surface area contributed by atoms with E-state index in [0.717, 1.165) is 24.3 Å². The average Bonchev–Trinajstić information content (AvgIpc) is 3.23. The van der Waals surface area contributed by atoms with E-state index in [1.54, 1.807) is 0 Å². The van der Waals surface area contributed by atoms with Gasteiger partial charge >= 0.3 is 0 Å². The summed E-state index contributed by atoms with van der Waals surface area (Å²) in [4.78, 5) is 22.0. The number of hydrogen-bond donors (Lipinski definition) is 1. The summed E-state index contributed by atoms with van der Waals surface area (Å²) in [6.07, 6.45) is 6.77. The van der Waals surface area contributed by atoms with Gasteiger partial charge in [0.15, 0.2) is 0 Å². The molecule has 1 atom stereocenters. The Kier molecular flexibility index (Phi) is 4.28. The molecule has 1 aliphatic heterocycles. The van der Waals surface area contributed by atoms with Gasteiger partial charge in [0.05, 0.1) is 12.1 Å². The average molecular weight is 337 g/mol. The first-order valence-corrected chi connectivity index (χ1v) is 9.11. The highest BCUT2D eigenvalue weighted by Gasteiger charge is 2.23. The molecule has 3 aromatic rings. The lowest BCUT2D eigenvalue weighted by molar-refractivity contribution is 0.275. The third kappa shape index (κ3) is 3.18. The van der Waals surface area contributed by atoms with Gasteiger partial charge in [0.1, 0.15) is 10.5 Å². The highest BCUT2D eigenvalue weighted by molar-refractivity contribution is 7.17. The fourth-order valence-electron chi connectivity index (χ4n) is 3.24. The van der Waals surface area contributed by atoms with Crippen LogP contribution in [0.2, 0.25) is 0 Å². The van der Waals surface area contributed by atoms with E-state index < -0.39 is 0 Å². The van der Waals surface area contributed by atoms with Crippen LogP contribution in [-0.4, -0.2) is 27.5 Å². The fraction of sp³-hybridized carbons (Fsp3) is 0.263. The molecule has 0 spiro atoms. The number of fused-ring (bicyclic) bond motifs is 1. The summed E-state index contributed by atoms with van der Waals surface area (Å²) in [5, 5.41) is 1.91. The number of nitrogens with zero attached hydrogens (tertiary/aromatic N) is 2. The van der Waals surface area contributed by atoms with Crippen LogP contribution in [-0.2, 0) is 6.54 Å². The molecule has 2 aromatic heterocycles. The van der Waals surface area contributed by atoms with Crippen LogP contribution in [0, 0.1) is 0 Å². The number of likely N-dealkylation sites (tertiary alicyclic amines) is 1. The molecule has 1 saturated heterocycles. The molecule has 0 radical (unpaired) electrons. The van der Waals surface area contributed by atoms with E-state index >= 15 is 0 Å². The van der Waals surface area contributed by atoms with Crippen LogP contribution in [0.15, 0.2) is 52.6 Å². The molecular formula is C19H19N3OS. The smallest absolute Gasteiger partial charge is 0.268 e. The minimum Gasteiger partial charge on any atom is -0.308 e. The summed E-state index contributed by atoms with van der Waals surface area (Å²) in [5.41, 5.74) is 1.99. The molecule has 122 valence electrons. The number of benzene rings is 1. The van der Waals surface area contributed by atoms with Crippen LogP contribution < -0.4 is 5.56 Å². The number of rotatable bonds is 4. The molecule has 1 fully saturated rings. The summed E-state index contributed by atoms with van der Waals surface area (Å²) in [5.74, 6) is 0.755. The lowest BCUT2D eigenvalue weighted by Gasteiger charge is -2.21. The number of aromatic nitrogens is 2. The first kappa shape index (κ1) is 15.3.